The molecule has 1 heterocycles. The van der Waals surface area contributed by atoms with Crippen molar-refractivity contribution in [3.8, 4) is 0 Å². The summed E-state index contributed by atoms with van der Waals surface area (Å²) in [5, 5.41) is 48.1. The van der Waals surface area contributed by atoms with Gasteiger partial charge < -0.3 is 45.9 Å². The van der Waals surface area contributed by atoms with Gasteiger partial charge in [-0.05, 0) is 26.2 Å². The molecular formula is C45H85N3O10. The predicted molar refractivity (Wildman–Crippen MR) is 228 cm³/mol. The summed E-state index contributed by atoms with van der Waals surface area (Å²) in [6.07, 6.45) is 23.1. The number of carboxylic acid groups (broad SMARTS) is 1. The van der Waals surface area contributed by atoms with Crippen LogP contribution in [-0.2, 0) is 28.7 Å². The van der Waals surface area contributed by atoms with Crippen molar-refractivity contribution in [2.24, 2.45) is 5.92 Å². The fourth-order valence-electron chi connectivity index (χ4n) is 7.67. The van der Waals surface area contributed by atoms with E-state index in [0.717, 1.165) is 38.5 Å². The van der Waals surface area contributed by atoms with Crippen LogP contribution in [0.2, 0.25) is 0 Å². The molecule has 0 aromatic rings. The van der Waals surface area contributed by atoms with Crippen LogP contribution in [-0.4, -0.2) is 101 Å². The first-order valence-electron chi connectivity index (χ1n) is 23.3. The molecule has 1 aliphatic heterocycles. The lowest BCUT2D eigenvalue weighted by atomic mass is 9.92. The van der Waals surface area contributed by atoms with Crippen LogP contribution in [0.15, 0.2) is 0 Å². The number of amides is 3. The molecule has 1 aliphatic rings. The van der Waals surface area contributed by atoms with Crippen LogP contribution in [0.4, 0.5) is 0 Å². The zero-order valence-corrected chi connectivity index (χ0v) is 36.9. The summed E-state index contributed by atoms with van der Waals surface area (Å²) in [5.74, 6) is -3.15. The Kier molecular flexibility index (Phi) is 31.8. The lowest BCUT2D eigenvalue weighted by Crippen LogP contribution is -2.59. The average molecular weight is 828 g/mol. The van der Waals surface area contributed by atoms with E-state index < -0.39 is 67.2 Å². The van der Waals surface area contributed by atoms with Gasteiger partial charge in [-0.1, -0.05) is 168 Å². The molecule has 0 unspecified atom stereocenters. The SMILES string of the molecule is CCCCCCCCCCCCCCC(CCCCCCCCCCCCCC)C(=O)N[C@H](CO[C@@H]1O[C@@H](C)[C@@H](O)[C@H](O)[C@@H]1O)C(=O)N[C@H](CCC(=O)O)C(=O)NC. The third-order valence-corrected chi connectivity index (χ3v) is 11.6. The fraction of sp³-hybridized carbons (Fsp3) is 0.911. The van der Waals surface area contributed by atoms with Crippen molar-refractivity contribution < 1.29 is 49.1 Å². The number of ether oxygens (including phenoxy) is 2. The Labute approximate surface area is 350 Å². The first kappa shape index (κ1) is 53.7. The fourth-order valence-corrected chi connectivity index (χ4v) is 7.67. The quantitative estimate of drug-likeness (QED) is 0.0314. The summed E-state index contributed by atoms with van der Waals surface area (Å²) in [5.41, 5.74) is 0. The highest BCUT2D eigenvalue weighted by atomic mass is 16.7. The standard InChI is InChI=1S/C45H85N3O10/c1-5-7-9-11-13-15-17-19-21-23-25-27-29-35(30-28-26-24-22-20-18-16-14-12-10-8-6-2)42(54)48-37(33-57-45-41(53)40(52)39(51)34(3)58-45)44(56)47-36(43(55)46-4)31-32-38(49)50/h34-37,39-41,45,51-53H,5-33H2,1-4H3,(H,46,55)(H,47,56)(H,48,54)(H,49,50)/t34-,36+,37+,39+,40-,41-,45+/m0/s1. The van der Waals surface area contributed by atoms with E-state index in [2.05, 4.69) is 29.8 Å². The average Bonchev–Trinajstić information content (AvgIpc) is 3.21. The molecule has 0 aliphatic carbocycles. The maximum Gasteiger partial charge on any atom is 0.303 e. The summed E-state index contributed by atoms with van der Waals surface area (Å²) in [6.45, 7) is 5.51. The van der Waals surface area contributed by atoms with Crippen LogP contribution in [0.5, 0.6) is 0 Å². The molecule has 7 N–H and O–H groups in total. The van der Waals surface area contributed by atoms with Gasteiger partial charge in [0.1, 0.15) is 30.4 Å². The van der Waals surface area contributed by atoms with Crippen LogP contribution in [0, 0.1) is 5.92 Å². The molecule has 13 nitrogen and oxygen atoms in total. The molecule has 0 spiro atoms. The van der Waals surface area contributed by atoms with E-state index in [4.69, 9.17) is 9.47 Å². The number of rotatable bonds is 37. The first-order chi connectivity index (χ1) is 28.0. The molecular weight excluding hydrogens is 743 g/mol. The molecule has 0 aromatic heterocycles. The van der Waals surface area contributed by atoms with Gasteiger partial charge in [0.25, 0.3) is 0 Å². The normalized spacial score (nSPS) is 20.4. The van der Waals surface area contributed by atoms with Gasteiger partial charge in [-0.2, -0.15) is 0 Å². The molecule has 7 atom stereocenters. The molecule has 0 radical (unpaired) electrons. The third kappa shape index (κ3) is 24.7. The number of nitrogens with one attached hydrogen (secondary N) is 3. The second kappa shape index (κ2) is 34.4. The van der Waals surface area contributed by atoms with E-state index >= 15 is 0 Å². The summed E-state index contributed by atoms with van der Waals surface area (Å²) in [6, 6.07) is -2.51. The molecule has 1 fully saturated rings. The zero-order chi connectivity index (χ0) is 43.0. The van der Waals surface area contributed by atoms with Gasteiger partial charge in [-0.25, -0.2) is 0 Å². The topological polar surface area (TPSA) is 204 Å². The lowest BCUT2D eigenvalue weighted by molar-refractivity contribution is -0.293. The number of aliphatic carboxylic acids is 1. The number of aliphatic hydroxyl groups excluding tert-OH is 3. The Hall–Kier alpha value is -2.32. The summed E-state index contributed by atoms with van der Waals surface area (Å²) < 4.78 is 11.3. The van der Waals surface area contributed by atoms with Crippen molar-refractivity contribution >= 4 is 23.7 Å². The van der Waals surface area contributed by atoms with Crippen molar-refractivity contribution in [2.75, 3.05) is 13.7 Å². The molecule has 0 bridgehead atoms. The van der Waals surface area contributed by atoms with Crippen molar-refractivity contribution in [1.29, 1.82) is 0 Å². The van der Waals surface area contributed by atoms with Crippen LogP contribution >= 0.6 is 0 Å². The minimum atomic E-state index is -1.62. The van der Waals surface area contributed by atoms with E-state index in [9.17, 15) is 39.6 Å². The Balaban J connectivity index is 2.93. The molecule has 1 saturated heterocycles. The molecule has 3 amide bonds. The summed E-state index contributed by atoms with van der Waals surface area (Å²) in [4.78, 5) is 51.7. The monoisotopic (exact) mass is 828 g/mol. The van der Waals surface area contributed by atoms with Crippen LogP contribution in [0.3, 0.4) is 0 Å². The van der Waals surface area contributed by atoms with E-state index in [1.54, 1.807) is 0 Å². The molecule has 0 saturated carbocycles. The number of carbonyl (C=O) groups is 4. The molecule has 0 aromatic carbocycles. The van der Waals surface area contributed by atoms with Crippen LogP contribution in [0.1, 0.15) is 201 Å². The van der Waals surface area contributed by atoms with Gasteiger partial charge in [0.05, 0.1) is 12.7 Å². The second-order valence-corrected chi connectivity index (χ2v) is 16.7. The Bertz CT molecular complexity index is 1050. The van der Waals surface area contributed by atoms with E-state index in [1.165, 1.54) is 130 Å². The number of aliphatic hydroxyl groups is 3. The van der Waals surface area contributed by atoms with E-state index in [0.29, 0.717) is 12.8 Å². The minimum Gasteiger partial charge on any atom is -0.481 e. The molecule has 1 rings (SSSR count). The number of likely N-dealkylation sites (N-methyl/N-ethyl adjacent to an activating group) is 1. The highest BCUT2D eigenvalue weighted by molar-refractivity contribution is 5.92. The molecule has 58 heavy (non-hydrogen) atoms. The lowest BCUT2D eigenvalue weighted by Gasteiger charge is -2.39. The molecule has 340 valence electrons. The second-order valence-electron chi connectivity index (χ2n) is 16.7. The maximum absolute atomic E-state index is 14.0. The van der Waals surface area contributed by atoms with Crippen molar-refractivity contribution in [1.82, 2.24) is 16.0 Å². The largest absolute Gasteiger partial charge is 0.481 e. The van der Waals surface area contributed by atoms with E-state index in [-0.39, 0.29) is 24.7 Å². The third-order valence-electron chi connectivity index (χ3n) is 11.6. The van der Waals surface area contributed by atoms with Gasteiger partial charge in [-0.15, -0.1) is 0 Å². The van der Waals surface area contributed by atoms with Crippen molar-refractivity contribution in [2.45, 2.75) is 243 Å². The highest BCUT2D eigenvalue weighted by Gasteiger charge is 2.43. The number of hydrogen-bond acceptors (Lipinski definition) is 9. The summed E-state index contributed by atoms with van der Waals surface area (Å²) in [7, 11) is 1.38. The maximum atomic E-state index is 14.0. The Morgan fingerprint density at radius 1 is 0.552 bits per heavy atom. The van der Waals surface area contributed by atoms with Gasteiger partial charge in [0.15, 0.2) is 6.29 Å². The van der Waals surface area contributed by atoms with Crippen LogP contribution < -0.4 is 16.0 Å². The minimum absolute atomic E-state index is 0.172. The van der Waals surface area contributed by atoms with Gasteiger partial charge in [0, 0.05) is 19.4 Å². The first-order valence-corrected chi connectivity index (χ1v) is 23.3. The predicted octanol–water partition coefficient (Wildman–Crippen LogP) is 7.21. The van der Waals surface area contributed by atoms with Crippen LogP contribution in [0.25, 0.3) is 0 Å². The van der Waals surface area contributed by atoms with Crippen molar-refractivity contribution in [3.05, 3.63) is 0 Å². The smallest absolute Gasteiger partial charge is 0.303 e. The van der Waals surface area contributed by atoms with E-state index in [1.807, 2.05) is 0 Å². The summed E-state index contributed by atoms with van der Waals surface area (Å²) >= 11 is 0. The van der Waals surface area contributed by atoms with Gasteiger partial charge in [0.2, 0.25) is 17.7 Å². The number of carbonyl (C=O) groups excluding carboxylic acids is 3. The van der Waals surface area contributed by atoms with Gasteiger partial charge >= 0.3 is 5.97 Å². The molecule has 13 heteroatoms. The number of hydrogen-bond donors (Lipinski definition) is 7. The number of unbranched alkanes of at least 4 members (excludes halogenated alkanes) is 22. The highest BCUT2D eigenvalue weighted by Crippen LogP contribution is 2.23. The Morgan fingerprint density at radius 3 is 1.38 bits per heavy atom. The number of carboxylic acids is 1. The van der Waals surface area contributed by atoms with Gasteiger partial charge in [-0.3, -0.25) is 19.2 Å². The zero-order valence-electron chi connectivity index (χ0n) is 36.9. The Morgan fingerprint density at radius 2 is 0.966 bits per heavy atom. The van der Waals surface area contributed by atoms with Crippen molar-refractivity contribution in [3.63, 3.8) is 0 Å².